The molecule has 2 aromatic heterocycles. The van der Waals surface area contributed by atoms with Crippen LogP contribution in [0.2, 0.25) is 0 Å². The number of carbonyl (C=O) groups is 1. The monoisotopic (exact) mass is 428 g/mol. The fraction of sp³-hybridized carbons (Fsp3) is 0.190. The third-order valence-electron chi connectivity index (χ3n) is 4.47. The zero-order chi connectivity index (χ0) is 22.0. The van der Waals surface area contributed by atoms with Gasteiger partial charge < -0.3 is 24.7 Å². The number of hydrogen-bond donors (Lipinski definition) is 3. The summed E-state index contributed by atoms with van der Waals surface area (Å²) in [6.45, 7) is 0.181. The molecule has 31 heavy (non-hydrogen) atoms. The highest BCUT2D eigenvalue weighted by Gasteiger charge is 2.24. The molecule has 4 aromatic rings. The number of aromatic nitrogens is 3. The van der Waals surface area contributed by atoms with Gasteiger partial charge in [-0.25, -0.2) is 0 Å². The second-order valence-corrected chi connectivity index (χ2v) is 6.85. The summed E-state index contributed by atoms with van der Waals surface area (Å²) in [7, 11) is 0. The van der Waals surface area contributed by atoms with Crippen LogP contribution >= 0.6 is 0 Å². The Kier molecular flexibility index (Phi) is 5.38. The Morgan fingerprint density at radius 2 is 2.00 bits per heavy atom. The number of aliphatic hydroxyl groups is 1. The molecule has 1 atom stereocenters. The number of fused-ring (bicyclic) bond motifs is 1. The summed E-state index contributed by atoms with van der Waals surface area (Å²) in [5, 5.41) is 17.0. The van der Waals surface area contributed by atoms with E-state index in [1.54, 1.807) is 12.3 Å². The largest absolute Gasteiger partial charge is 0.433 e. The maximum absolute atomic E-state index is 12.9. The number of para-hydroxylation sites is 1. The molecule has 0 fully saturated rings. The lowest BCUT2D eigenvalue weighted by molar-refractivity contribution is -0.158. The van der Waals surface area contributed by atoms with Crippen molar-refractivity contribution in [1.29, 1.82) is 0 Å². The molecule has 160 valence electrons. The van der Waals surface area contributed by atoms with Crippen molar-refractivity contribution in [3.8, 4) is 17.1 Å². The number of nitrogens with zero attached hydrogens (tertiary/aromatic N) is 2. The van der Waals surface area contributed by atoms with Crippen LogP contribution in [-0.2, 0) is 0 Å². The minimum atomic E-state index is -3.29. The van der Waals surface area contributed by atoms with E-state index in [2.05, 4.69) is 25.2 Å². The van der Waals surface area contributed by atoms with Crippen molar-refractivity contribution in [2.75, 3.05) is 6.61 Å². The zero-order valence-corrected chi connectivity index (χ0v) is 16.3. The van der Waals surface area contributed by atoms with Gasteiger partial charge in [-0.15, -0.1) is 0 Å². The Morgan fingerprint density at radius 3 is 2.71 bits per heavy atom. The Morgan fingerprint density at radius 1 is 1.26 bits per heavy atom. The average Bonchev–Trinajstić information content (AvgIpc) is 3.39. The van der Waals surface area contributed by atoms with Gasteiger partial charge in [0.25, 0.3) is 11.8 Å². The number of rotatable bonds is 7. The lowest BCUT2D eigenvalue weighted by Crippen LogP contribution is -2.30. The van der Waals surface area contributed by atoms with Gasteiger partial charge in [-0.2, -0.15) is 13.8 Å². The van der Waals surface area contributed by atoms with Crippen LogP contribution in [-0.4, -0.2) is 38.9 Å². The molecular formula is C21H18F2N4O4. The smallest absolute Gasteiger partial charge is 0.394 e. The molecule has 8 nitrogen and oxygen atoms in total. The second kappa shape index (κ2) is 8.15. The van der Waals surface area contributed by atoms with Gasteiger partial charge >= 0.3 is 6.11 Å². The van der Waals surface area contributed by atoms with Gasteiger partial charge in [0, 0.05) is 29.6 Å². The molecule has 0 saturated carbocycles. The molecule has 3 N–H and O–H groups in total. The quantitative estimate of drug-likeness (QED) is 0.414. The molecule has 10 heteroatoms. The van der Waals surface area contributed by atoms with Crippen molar-refractivity contribution >= 4 is 16.8 Å². The SMILES string of the molecule is CC(F)(F)Oc1ccc(-c2noc(C(CO)NC(=O)c3c[nH]c4ccccc34)n2)cc1. The number of H-pyrrole nitrogens is 1. The fourth-order valence-electron chi connectivity index (χ4n) is 3.05. The number of carbonyl (C=O) groups excluding carboxylic acids is 1. The van der Waals surface area contributed by atoms with Crippen LogP contribution in [0.3, 0.4) is 0 Å². The maximum Gasteiger partial charge on any atom is 0.394 e. The number of aromatic amines is 1. The van der Waals surface area contributed by atoms with Crippen molar-refractivity contribution in [1.82, 2.24) is 20.4 Å². The molecule has 2 heterocycles. The number of amides is 1. The van der Waals surface area contributed by atoms with E-state index in [1.165, 1.54) is 24.3 Å². The standard InChI is InChI=1S/C21H18F2N4O4/c1-21(22,23)30-13-8-6-12(7-9-13)18-26-20(31-27-18)17(11-28)25-19(29)15-10-24-16-5-3-2-4-14(15)16/h2-10,17,24,28H,11H2,1H3,(H,25,29). The number of ether oxygens (including phenoxy) is 1. The molecule has 0 bridgehead atoms. The zero-order valence-electron chi connectivity index (χ0n) is 16.3. The molecule has 0 aliphatic heterocycles. The summed E-state index contributed by atoms with van der Waals surface area (Å²) < 4.78 is 35.5. The van der Waals surface area contributed by atoms with Crippen molar-refractivity contribution < 1.29 is 27.9 Å². The Labute approximate surface area is 174 Å². The summed E-state index contributed by atoms with van der Waals surface area (Å²) in [6.07, 6.45) is -1.71. The molecule has 0 spiro atoms. The van der Waals surface area contributed by atoms with E-state index in [0.29, 0.717) is 18.1 Å². The Hall–Kier alpha value is -3.79. The number of aliphatic hydroxyl groups excluding tert-OH is 1. The number of alkyl halides is 2. The van der Waals surface area contributed by atoms with Crippen LogP contribution in [0.15, 0.2) is 59.3 Å². The Balaban J connectivity index is 1.49. The highest BCUT2D eigenvalue weighted by atomic mass is 19.3. The van der Waals surface area contributed by atoms with E-state index in [4.69, 9.17) is 4.52 Å². The first-order chi connectivity index (χ1) is 14.8. The topological polar surface area (TPSA) is 113 Å². The van der Waals surface area contributed by atoms with Gasteiger partial charge in [0.05, 0.1) is 12.2 Å². The van der Waals surface area contributed by atoms with Gasteiger partial charge in [0.1, 0.15) is 11.8 Å². The summed E-state index contributed by atoms with van der Waals surface area (Å²) in [5.41, 5.74) is 1.71. The minimum Gasteiger partial charge on any atom is -0.433 e. The lowest BCUT2D eigenvalue weighted by Gasteiger charge is -2.12. The molecule has 4 rings (SSSR count). The maximum atomic E-state index is 12.9. The number of halogens is 2. The van der Waals surface area contributed by atoms with E-state index in [0.717, 1.165) is 10.9 Å². The Bertz CT molecular complexity index is 1200. The van der Waals surface area contributed by atoms with Gasteiger partial charge in [0.2, 0.25) is 5.82 Å². The molecule has 0 radical (unpaired) electrons. The average molecular weight is 428 g/mol. The van der Waals surface area contributed by atoms with Crippen molar-refractivity contribution in [3.05, 3.63) is 66.2 Å². The molecule has 1 amide bonds. The first kappa shape index (κ1) is 20.5. The fourth-order valence-corrected chi connectivity index (χ4v) is 3.05. The van der Waals surface area contributed by atoms with Gasteiger partial charge in [-0.1, -0.05) is 23.4 Å². The third-order valence-corrected chi connectivity index (χ3v) is 4.47. The summed E-state index contributed by atoms with van der Waals surface area (Å²) in [6, 6.07) is 12.1. The number of nitrogens with one attached hydrogen (secondary N) is 2. The molecule has 1 unspecified atom stereocenters. The summed E-state index contributed by atoms with van der Waals surface area (Å²) in [4.78, 5) is 19.9. The number of benzene rings is 2. The summed E-state index contributed by atoms with van der Waals surface area (Å²) >= 11 is 0. The van der Waals surface area contributed by atoms with Crippen LogP contribution in [0.1, 0.15) is 29.2 Å². The molecule has 0 saturated heterocycles. The third kappa shape index (κ3) is 4.53. The molecule has 0 aliphatic carbocycles. The lowest BCUT2D eigenvalue weighted by atomic mass is 10.1. The minimum absolute atomic E-state index is 0.00566. The van der Waals surface area contributed by atoms with E-state index in [9.17, 15) is 18.7 Å². The second-order valence-electron chi connectivity index (χ2n) is 6.85. The predicted octanol–water partition coefficient (Wildman–Crippen LogP) is 3.67. The highest BCUT2D eigenvalue weighted by Crippen LogP contribution is 2.25. The van der Waals surface area contributed by atoms with Crippen LogP contribution in [0.25, 0.3) is 22.3 Å². The van der Waals surface area contributed by atoms with Crippen LogP contribution in [0, 0.1) is 0 Å². The molecule has 0 aliphatic rings. The normalized spacial score (nSPS) is 12.6. The van der Waals surface area contributed by atoms with E-state index < -0.39 is 24.7 Å². The van der Waals surface area contributed by atoms with E-state index >= 15 is 0 Å². The summed E-state index contributed by atoms with van der Waals surface area (Å²) in [5.74, 6) is -0.256. The molecular weight excluding hydrogens is 410 g/mol. The van der Waals surface area contributed by atoms with Crippen molar-refractivity contribution in [2.24, 2.45) is 0 Å². The van der Waals surface area contributed by atoms with Gasteiger partial charge in [0.15, 0.2) is 0 Å². The van der Waals surface area contributed by atoms with Crippen LogP contribution in [0.4, 0.5) is 8.78 Å². The van der Waals surface area contributed by atoms with Crippen LogP contribution < -0.4 is 10.1 Å². The van der Waals surface area contributed by atoms with Crippen molar-refractivity contribution in [3.63, 3.8) is 0 Å². The van der Waals surface area contributed by atoms with E-state index in [-0.39, 0.29) is 17.5 Å². The molecule has 2 aromatic carbocycles. The highest BCUT2D eigenvalue weighted by molar-refractivity contribution is 6.06. The van der Waals surface area contributed by atoms with E-state index in [1.807, 2.05) is 18.2 Å². The first-order valence-electron chi connectivity index (χ1n) is 9.33. The number of hydrogen-bond acceptors (Lipinski definition) is 6. The van der Waals surface area contributed by atoms with Crippen LogP contribution in [0.5, 0.6) is 5.75 Å². The van der Waals surface area contributed by atoms with Gasteiger partial charge in [-0.3, -0.25) is 4.79 Å². The van der Waals surface area contributed by atoms with Gasteiger partial charge in [-0.05, 0) is 30.3 Å². The van der Waals surface area contributed by atoms with Crippen molar-refractivity contribution in [2.45, 2.75) is 19.1 Å². The first-order valence-corrected chi connectivity index (χ1v) is 9.33. The predicted molar refractivity (Wildman–Crippen MR) is 107 cm³/mol.